The number of nitrogens with two attached hydrogens (primary N) is 1. The summed E-state index contributed by atoms with van der Waals surface area (Å²) in [7, 11) is -1.96. The number of halogens is 6. The first kappa shape index (κ1) is 20.7. The Balaban J connectivity index is 4.50. The minimum atomic E-state index is -5.45. The number of ether oxygens (including phenoxy) is 1. The van der Waals surface area contributed by atoms with Crippen LogP contribution in [-0.2, 0) is 4.74 Å². The number of alkyl halides is 6. The van der Waals surface area contributed by atoms with Gasteiger partial charge in [-0.2, -0.15) is 26.3 Å². The van der Waals surface area contributed by atoms with Crippen LogP contribution in [0.3, 0.4) is 0 Å². The average molecular weight is 339 g/mol. The topological polar surface area (TPSA) is 35.2 Å². The fourth-order valence-corrected chi connectivity index (χ4v) is 4.41. The molecule has 2 nitrogen and oxygen atoms in total. The Hall–Kier alpha value is -0.283. The van der Waals surface area contributed by atoms with E-state index in [4.69, 9.17) is 5.73 Å². The molecule has 0 aliphatic heterocycles. The summed E-state index contributed by atoms with van der Waals surface area (Å²) in [6.45, 7) is 7.14. The minimum absolute atomic E-state index is 0.134. The van der Waals surface area contributed by atoms with Crippen LogP contribution in [0.1, 0.15) is 26.7 Å². The van der Waals surface area contributed by atoms with E-state index in [2.05, 4.69) is 4.74 Å². The van der Waals surface area contributed by atoms with Crippen molar-refractivity contribution in [3.63, 3.8) is 0 Å². The molecular formula is C12H23F6NOSi. The van der Waals surface area contributed by atoms with Crippen molar-refractivity contribution in [1.29, 1.82) is 0 Å². The Morgan fingerprint density at radius 3 is 1.81 bits per heavy atom. The molecule has 0 aromatic carbocycles. The van der Waals surface area contributed by atoms with E-state index in [-0.39, 0.29) is 6.42 Å². The third-order valence-corrected chi connectivity index (χ3v) is 9.15. The highest BCUT2D eigenvalue weighted by atomic mass is 28.3. The molecule has 0 radical (unpaired) electrons. The van der Waals surface area contributed by atoms with Crippen molar-refractivity contribution >= 4 is 8.07 Å². The molecule has 2 N–H and O–H groups in total. The summed E-state index contributed by atoms with van der Waals surface area (Å²) in [5.41, 5.74) is 6.14. The van der Waals surface area contributed by atoms with Gasteiger partial charge in [0.1, 0.15) is 0 Å². The van der Waals surface area contributed by atoms with Gasteiger partial charge in [-0.3, -0.25) is 0 Å². The maximum Gasteiger partial charge on any atom is 0.423 e. The van der Waals surface area contributed by atoms with Crippen molar-refractivity contribution in [3.05, 3.63) is 0 Å². The van der Waals surface area contributed by atoms with Gasteiger partial charge in [0.2, 0.25) is 6.10 Å². The number of hydrogen-bond acceptors (Lipinski definition) is 2. The third-order valence-electron chi connectivity index (χ3n) is 4.11. The van der Waals surface area contributed by atoms with Crippen LogP contribution in [0.25, 0.3) is 0 Å². The van der Waals surface area contributed by atoms with E-state index in [1.54, 1.807) is 0 Å². The van der Waals surface area contributed by atoms with Gasteiger partial charge in [-0.15, -0.1) is 0 Å². The average Bonchev–Trinajstić information content (AvgIpc) is 2.24. The Bertz CT molecular complexity index is 313. The van der Waals surface area contributed by atoms with Crippen LogP contribution in [0.15, 0.2) is 0 Å². The van der Waals surface area contributed by atoms with E-state index in [1.165, 1.54) is 0 Å². The molecule has 0 aromatic rings. The molecule has 0 aliphatic carbocycles. The quantitative estimate of drug-likeness (QED) is 0.427. The lowest BCUT2D eigenvalue weighted by atomic mass is 10.3. The Kier molecular flexibility index (Phi) is 6.77. The first-order valence-electron chi connectivity index (χ1n) is 6.69. The monoisotopic (exact) mass is 339 g/mol. The number of rotatable bonds is 7. The lowest BCUT2D eigenvalue weighted by molar-refractivity contribution is -0.321. The van der Waals surface area contributed by atoms with Crippen molar-refractivity contribution in [3.8, 4) is 0 Å². The maximum atomic E-state index is 12.3. The predicted octanol–water partition coefficient (Wildman–Crippen LogP) is 4.26. The van der Waals surface area contributed by atoms with E-state index < -0.39 is 38.3 Å². The summed E-state index contributed by atoms with van der Waals surface area (Å²) in [6, 6.07) is 0.510. The van der Waals surface area contributed by atoms with Gasteiger partial charge >= 0.3 is 12.4 Å². The third kappa shape index (κ3) is 6.15. The lowest BCUT2D eigenvalue weighted by Gasteiger charge is -2.39. The molecule has 0 aliphatic rings. The fraction of sp³-hybridized carbons (Fsp3) is 1.00. The zero-order valence-corrected chi connectivity index (χ0v) is 13.7. The minimum Gasteiger partial charge on any atom is -0.361 e. The van der Waals surface area contributed by atoms with Crippen LogP contribution in [-0.4, -0.2) is 38.3 Å². The van der Waals surface area contributed by atoms with Gasteiger partial charge in [-0.1, -0.05) is 26.1 Å². The van der Waals surface area contributed by atoms with Crippen LogP contribution in [0, 0.1) is 0 Å². The van der Waals surface area contributed by atoms with Crippen LogP contribution in [0.5, 0.6) is 0 Å². The summed E-state index contributed by atoms with van der Waals surface area (Å²) in [6.07, 6.45) is -13.8. The molecule has 0 heterocycles. The molecule has 0 spiro atoms. The molecule has 0 fully saturated rings. The van der Waals surface area contributed by atoms with Gasteiger partial charge in [0, 0.05) is 11.8 Å². The van der Waals surface area contributed by atoms with E-state index in [9.17, 15) is 26.3 Å². The highest BCUT2D eigenvalue weighted by Crippen LogP contribution is 2.36. The van der Waals surface area contributed by atoms with Crippen LogP contribution < -0.4 is 5.73 Å². The summed E-state index contributed by atoms with van der Waals surface area (Å²) in [4.78, 5) is 0. The Morgan fingerprint density at radius 1 is 1.05 bits per heavy atom. The van der Waals surface area contributed by atoms with Gasteiger partial charge in [0.25, 0.3) is 0 Å². The van der Waals surface area contributed by atoms with Gasteiger partial charge in [0.05, 0.1) is 8.07 Å². The summed E-state index contributed by atoms with van der Waals surface area (Å²) >= 11 is 0. The highest BCUT2D eigenvalue weighted by Gasteiger charge is 2.57. The normalized spacial score (nSPS) is 17.1. The van der Waals surface area contributed by atoms with Crippen molar-refractivity contribution in [2.24, 2.45) is 5.73 Å². The summed E-state index contributed by atoms with van der Waals surface area (Å²) in [5.74, 6) is 0. The zero-order valence-electron chi connectivity index (χ0n) is 12.7. The molecule has 0 rings (SSSR count). The molecule has 0 amide bonds. The molecule has 128 valence electrons. The standard InChI is InChI=1S/C12H23F6NOSi/c1-5-10(2,19)21(3,4)8-6-7-20-9(11(13,14)15)12(16,17)18/h9H,5-8,19H2,1-4H3. The molecule has 0 aromatic heterocycles. The second kappa shape index (κ2) is 6.87. The molecule has 0 saturated heterocycles. The van der Waals surface area contributed by atoms with Crippen molar-refractivity contribution < 1.29 is 31.1 Å². The van der Waals surface area contributed by atoms with E-state index in [1.807, 2.05) is 26.9 Å². The summed E-state index contributed by atoms with van der Waals surface area (Å²) in [5, 5.41) is -0.416. The number of hydrogen-bond donors (Lipinski definition) is 1. The first-order chi connectivity index (χ1) is 9.15. The molecule has 1 unspecified atom stereocenters. The van der Waals surface area contributed by atoms with E-state index >= 15 is 0 Å². The molecule has 1 atom stereocenters. The Morgan fingerprint density at radius 2 is 1.48 bits per heavy atom. The largest absolute Gasteiger partial charge is 0.423 e. The molecule has 0 bridgehead atoms. The van der Waals surface area contributed by atoms with Gasteiger partial charge in [0.15, 0.2) is 0 Å². The van der Waals surface area contributed by atoms with Gasteiger partial charge in [-0.25, -0.2) is 0 Å². The van der Waals surface area contributed by atoms with Crippen molar-refractivity contribution in [1.82, 2.24) is 0 Å². The van der Waals surface area contributed by atoms with Crippen molar-refractivity contribution in [2.45, 2.75) is 69.4 Å². The smallest absolute Gasteiger partial charge is 0.361 e. The predicted molar refractivity (Wildman–Crippen MR) is 71.6 cm³/mol. The molecule has 9 heteroatoms. The second-order valence-electron chi connectivity index (χ2n) is 6.09. The van der Waals surface area contributed by atoms with E-state index in [0.717, 1.165) is 0 Å². The lowest BCUT2D eigenvalue weighted by Crippen LogP contribution is -2.58. The fourth-order valence-electron chi connectivity index (χ4n) is 1.85. The molecular weight excluding hydrogens is 316 g/mol. The van der Waals surface area contributed by atoms with Crippen molar-refractivity contribution in [2.75, 3.05) is 6.61 Å². The van der Waals surface area contributed by atoms with Crippen LogP contribution in [0.4, 0.5) is 26.3 Å². The molecule has 21 heavy (non-hydrogen) atoms. The summed E-state index contributed by atoms with van der Waals surface area (Å²) < 4.78 is 77.6. The maximum absolute atomic E-state index is 12.3. The van der Waals surface area contributed by atoms with E-state index in [0.29, 0.717) is 12.5 Å². The first-order valence-corrected chi connectivity index (χ1v) is 9.90. The second-order valence-corrected chi connectivity index (χ2v) is 11.5. The Labute approximate surface area is 122 Å². The molecule has 0 saturated carbocycles. The SMILES string of the molecule is CCC(C)(N)[Si](C)(C)CCCOC(C(F)(F)F)C(F)(F)F. The zero-order chi connectivity index (χ0) is 17.1. The highest BCUT2D eigenvalue weighted by molar-refractivity contribution is 6.80. The van der Waals surface area contributed by atoms with Crippen LogP contribution in [0.2, 0.25) is 19.1 Å². The van der Waals surface area contributed by atoms with Gasteiger partial charge in [-0.05, 0) is 19.8 Å². The van der Waals surface area contributed by atoms with Crippen LogP contribution >= 0.6 is 0 Å². The van der Waals surface area contributed by atoms with Gasteiger partial charge < -0.3 is 10.5 Å².